The van der Waals surface area contributed by atoms with E-state index >= 15 is 0 Å². The first-order chi connectivity index (χ1) is 6.83. The molecule has 0 saturated heterocycles. The largest absolute Gasteiger partial charge is 0.365 e. The van der Waals surface area contributed by atoms with Gasteiger partial charge < -0.3 is 5.73 Å². The van der Waals surface area contributed by atoms with Crippen LogP contribution in [-0.4, -0.2) is 20.4 Å². The fourth-order valence-electron chi connectivity index (χ4n) is 0.967. The van der Waals surface area contributed by atoms with Crippen molar-refractivity contribution < 1.29 is 13.2 Å². The summed E-state index contributed by atoms with van der Waals surface area (Å²) in [5.74, 6) is -0.619. The van der Waals surface area contributed by atoms with Gasteiger partial charge in [0, 0.05) is 11.4 Å². The minimum atomic E-state index is -3.52. The van der Waals surface area contributed by atoms with Crippen LogP contribution in [0.2, 0.25) is 0 Å². The first-order valence-corrected chi connectivity index (χ1v) is 6.60. The van der Waals surface area contributed by atoms with Crippen LogP contribution in [-0.2, 0) is 10.0 Å². The molecule has 84 valence electrons. The van der Waals surface area contributed by atoms with E-state index in [1.807, 2.05) is 0 Å². The summed E-state index contributed by atoms with van der Waals surface area (Å²) >= 11 is 1.02. The molecule has 0 saturated carbocycles. The van der Waals surface area contributed by atoms with Crippen molar-refractivity contribution >= 4 is 27.3 Å². The zero-order chi connectivity index (χ0) is 11.6. The molecule has 0 aliphatic heterocycles. The Morgan fingerprint density at radius 2 is 2.13 bits per heavy atom. The van der Waals surface area contributed by atoms with E-state index in [2.05, 4.69) is 4.72 Å². The van der Waals surface area contributed by atoms with Crippen molar-refractivity contribution in [2.24, 2.45) is 5.73 Å². The summed E-state index contributed by atoms with van der Waals surface area (Å²) in [6.45, 7) is 3.44. The Kier molecular flexibility index (Phi) is 3.48. The quantitative estimate of drug-likeness (QED) is 0.814. The monoisotopic (exact) mass is 248 g/mol. The molecule has 3 N–H and O–H groups in total. The van der Waals surface area contributed by atoms with Crippen molar-refractivity contribution in [2.75, 3.05) is 0 Å². The van der Waals surface area contributed by atoms with Gasteiger partial charge in [-0.3, -0.25) is 4.79 Å². The number of nitrogens with two attached hydrogens (primary N) is 1. The topological polar surface area (TPSA) is 89.3 Å². The van der Waals surface area contributed by atoms with Crippen LogP contribution in [0, 0.1) is 0 Å². The fourth-order valence-corrected chi connectivity index (χ4v) is 3.34. The Balaban J connectivity index is 3.01. The second kappa shape index (κ2) is 4.30. The van der Waals surface area contributed by atoms with Crippen molar-refractivity contribution in [2.45, 2.75) is 24.8 Å². The van der Waals surface area contributed by atoms with Crippen molar-refractivity contribution in [3.63, 3.8) is 0 Å². The molecule has 15 heavy (non-hydrogen) atoms. The number of primary amides is 1. The van der Waals surface area contributed by atoms with E-state index in [1.54, 1.807) is 13.8 Å². The molecule has 0 atom stereocenters. The van der Waals surface area contributed by atoms with Crippen LogP contribution >= 0.6 is 11.3 Å². The van der Waals surface area contributed by atoms with Crippen LogP contribution in [0.1, 0.15) is 23.5 Å². The molecular formula is C8H12N2O3S2. The number of nitrogens with one attached hydrogen (secondary N) is 1. The summed E-state index contributed by atoms with van der Waals surface area (Å²) in [6, 6.07) is 1.09. The summed E-state index contributed by atoms with van der Waals surface area (Å²) in [6.07, 6.45) is 0. The lowest BCUT2D eigenvalue weighted by molar-refractivity contribution is 0.100. The van der Waals surface area contributed by atoms with Crippen LogP contribution in [0.3, 0.4) is 0 Å². The lowest BCUT2D eigenvalue weighted by atomic mass is 10.4. The Morgan fingerprint density at radius 3 is 2.53 bits per heavy atom. The van der Waals surface area contributed by atoms with Crippen molar-refractivity contribution in [3.8, 4) is 0 Å². The van der Waals surface area contributed by atoms with E-state index in [9.17, 15) is 13.2 Å². The molecule has 7 heteroatoms. The van der Waals surface area contributed by atoms with Gasteiger partial charge in [-0.2, -0.15) is 0 Å². The SMILES string of the molecule is CC(C)NS(=O)(=O)c1csc(C(N)=O)c1. The number of hydrogen-bond acceptors (Lipinski definition) is 4. The third-order valence-corrected chi connectivity index (χ3v) is 4.25. The summed E-state index contributed by atoms with van der Waals surface area (Å²) < 4.78 is 25.7. The highest BCUT2D eigenvalue weighted by Crippen LogP contribution is 2.18. The summed E-state index contributed by atoms with van der Waals surface area (Å²) in [5.41, 5.74) is 5.03. The van der Waals surface area contributed by atoms with Crippen molar-refractivity contribution in [1.29, 1.82) is 0 Å². The van der Waals surface area contributed by atoms with Gasteiger partial charge in [-0.05, 0) is 19.9 Å². The van der Waals surface area contributed by atoms with Gasteiger partial charge in [0.25, 0.3) is 5.91 Å². The summed E-state index contributed by atoms with van der Waals surface area (Å²) in [7, 11) is -3.52. The maximum atomic E-state index is 11.6. The predicted molar refractivity (Wildman–Crippen MR) is 58.3 cm³/mol. The Morgan fingerprint density at radius 1 is 1.53 bits per heavy atom. The molecule has 0 aromatic carbocycles. The van der Waals surface area contributed by atoms with Crippen LogP contribution in [0.25, 0.3) is 0 Å². The molecule has 0 aliphatic carbocycles. The third-order valence-electron chi connectivity index (χ3n) is 1.52. The van der Waals surface area contributed by atoms with Gasteiger partial charge in [-0.15, -0.1) is 11.3 Å². The Bertz CT molecular complexity index is 462. The Labute approximate surface area is 92.3 Å². The third kappa shape index (κ3) is 3.01. The number of carbonyl (C=O) groups is 1. The molecule has 1 heterocycles. The van der Waals surface area contributed by atoms with Crippen LogP contribution in [0.5, 0.6) is 0 Å². The lowest BCUT2D eigenvalue weighted by Gasteiger charge is -2.06. The first-order valence-electron chi connectivity index (χ1n) is 4.23. The molecular weight excluding hydrogens is 236 g/mol. The average Bonchev–Trinajstić information content (AvgIpc) is 2.48. The zero-order valence-corrected chi connectivity index (χ0v) is 9.98. The van der Waals surface area contributed by atoms with E-state index < -0.39 is 15.9 Å². The molecule has 1 amide bonds. The smallest absolute Gasteiger partial charge is 0.258 e. The van der Waals surface area contributed by atoms with E-state index in [0.717, 1.165) is 11.3 Å². The molecule has 0 fully saturated rings. The van der Waals surface area contributed by atoms with Gasteiger partial charge in [0.2, 0.25) is 10.0 Å². The van der Waals surface area contributed by atoms with Crippen LogP contribution < -0.4 is 10.5 Å². The molecule has 0 aliphatic rings. The van der Waals surface area contributed by atoms with Crippen molar-refractivity contribution in [1.82, 2.24) is 4.72 Å². The number of rotatable bonds is 4. The highest BCUT2D eigenvalue weighted by atomic mass is 32.2. The first kappa shape index (κ1) is 12.2. The van der Waals surface area contributed by atoms with E-state index in [0.29, 0.717) is 0 Å². The van der Waals surface area contributed by atoms with E-state index in [1.165, 1.54) is 11.4 Å². The van der Waals surface area contributed by atoms with Gasteiger partial charge in [0.15, 0.2) is 0 Å². The van der Waals surface area contributed by atoms with Gasteiger partial charge in [0.05, 0.1) is 9.77 Å². The summed E-state index contributed by atoms with van der Waals surface area (Å²) in [4.78, 5) is 11.1. The fraction of sp³-hybridized carbons (Fsp3) is 0.375. The highest BCUT2D eigenvalue weighted by molar-refractivity contribution is 7.89. The molecule has 0 radical (unpaired) electrons. The maximum absolute atomic E-state index is 11.6. The lowest BCUT2D eigenvalue weighted by Crippen LogP contribution is -2.29. The number of thiophene rings is 1. The zero-order valence-electron chi connectivity index (χ0n) is 8.35. The second-order valence-electron chi connectivity index (χ2n) is 3.29. The normalized spacial score (nSPS) is 11.9. The average molecular weight is 248 g/mol. The molecule has 1 aromatic rings. The van der Waals surface area contributed by atoms with Gasteiger partial charge in [0.1, 0.15) is 0 Å². The molecule has 1 aromatic heterocycles. The number of amides is 1. The van der Waals surface area contributed by atoms with Gasteiger partial charge >= 0.3 is 0 Å². The molecule has 5 nitrogen and oxygen atoms in total. The van der Waals surface area contributed by atoms with E-state index in [4.69, 9.17) is 5.73 Å². The predicted octanol–water partition coefficient (Wildman–Crippen LogP) is 0.534. The van der Waals surface area contributed by atoms with Crippen LogP contribution in [0.4, 0.5) is 0 Å². The summed E-state index contributed by atoms with van der Waals surface area (Å²) in [5, 5.41) is 1.39. The molecule has 1 rings (SSSR count). The number of hydrogen-bond donors (Lipinski definition) is 2. The van der Waals surface area contributed by atoms with Crippen LogP contribution in [0.15, 0.2) is 16.3 Å². The number of sulfonamides is 1. The van der Waals surface area contributed by atoms with E-state index in [-0.39, 0.29) is 15.8 Å². The molecule has 0 unspecified atom stereocenters. The Hall–Kier alpha value is -0.920. The van der Waals surface area contributed by atoms with Gasteiger partial charge in [-0.25, -0.2) is 13.1 Å². The second-order valence-corrected chi connectivity index (χ2v) is 5.91. The molecule has 0 spiro atoms. The minimum Gasteiger partial charge on any atom is -0.365 e. The standard InChI is InChI=1S/C8H12N2O3S2/c1-5(2)10-15(12,13)6-3-7(8(9)11)14-4-6/h3-5,10H,1-2H3,(H2,9,11). The molecule has 0 bridgehead atoms. The van der Waals surface area contributed by atoms with Crippen molar-refractivity contribution in [3.05, 3.63) is 16.3 Å². The maximum Gasteiger partial charge on any atom is 0.258 e. The minimum absolute atomic E-state index is 0.0787. The van der Waals surface area contributed by atoms with Gasteiger partial charge in [-0.1, -0.05) is 0 Å². The number of carbonyl (C=O) groups excluding carboxylic acids is 1. The highest BCUT2D eigenvalue weighted by Gasteiger charge is 2.18.